The van der Waals surface area contributed by atoms with Crippen molar-refractivity contribution in [2.45, 2.75) is 46.0 Å². The van der Waals surface area contributed by atoms with Crippen molar-refractivity contribution >= 4 is 0 Å². The molecule has 2 heteroatoms. The Morgan fingerprint density at radius 2 is 1.69 bits per heavy atom. The minimum Gasteiger partial charge on any atom is -0.396 e. The lowest BCUT2D eigenvalue weighted by Gasteiger charge is -2.05. The van der Waals surface area contributed by atoms with Gasteiger partial charge in [0.25, 0.3) is 0 Å². The summed E-state index contributed by atoms with van der Waals surface area (Å²) in [6.07, 6.45) is 5.55. The highest BCUT2D eigenvalue weighted by atomic mass is 16.5. The van der Waals surface area contributed by atoms with E-state index in [0.29, 0.717) is 6.61 Å². The van der Waals surface area contributed by atoms with Gasteiger partial charge in [0.1, 0.15) is 0 Å². The lowest BCUT2D eigenvalue weighted by atomic mass is 10.1. The minimum atomic E-state index is 0.328. The SMILES string of the molecule is CC(C)CCOCCCCCCO. The maximum absolute atomic E-state index is 8.54. The van der Waals surface area contributed by atoms with E-state index in [1.807, 2.05) is 0 Å². The van der Waals surface area contributed by atoms with Crippen molar-refractivity contribution in [3.63, 3.8) is 0 Å². The summed E-state index contributed by atoms with van der Waals surface area (Å²) in [5.41, 5.74) is 0. The lowest BCUT2D eigenvalue weighted by Crippen LogP contribution is -2.00. The molecule has 13 heavy (non-hydrogen) atoms. The first-order valence-corrected chi connectivity index (χ1v) is 5.46. The predicted molar refractivity (Wildman–Crippen MR) is 55.8 cm³/mol. The molecule has 0 fully saturated rings. The van der Waals surface area contributed by atoms with Gasteiger partial charge in [0.05, 0.1) is 0 Å². The maximum Gasteiger partial charge on any atom is 0.0468 e. The maximum atomic E-state index is 8.54. The van der Waals surface area contributed by atoms with Crippen LogP contribution in [0.1, 0.15) is 46.0 Å². The number of ether oxygens (including phenoxy) is 1. The summed E-state index contributed by atoms with van der Waals surface area (Å²) in [7, 11) is 0. The van der Waals surface area contributed by atoms with Crippen molar-refractivity contribution in [2.75, 3.05) is 19.8 Å². The molecule has 0 aliphatic heterocycles. The summed E-state index contributed by atoms with van der Waals surface area (Å²) in [5, 5.41) is 8.54. The lowest BCUT2D eigenvalue weighted by molar-refractivity contribution is 0.119. The fraction of sp³-hybridized carbons (Fsp3) is 1.00. The molecule has 0 aliphatic carbocycles. The van der Waals surface area contributed by atoms with Crippen LogP contribution in [0.15, 0.2) is 0 Å². The Morgan fingerprint density at radius 3 is 2.31 bits per heavy atom. The van der Waals surface area contributed by atoms with Crippen molar-refractivity contribution in [3.8, 4) is 0 Å². The smallest absolute Gasteiger partial charge is 0.0468 e. The number of unbranched alkanes of at least 4 members (excludes halogenated alkanes) is 3. The van der Waals surface area contributed by atoms with Gasteiger partial charge in [-0.05, 0) is 25.2 Å². The molecule has 0 saturated carbocycles. The number of hydrogen-bond acceptors (Lipinski definition) is 2. The average molecular weight is 188 g/mol. The zero-order valence-electron chi connectivity index (χ0n) is 9.09. The molecule has 0 spiro atoms. The molecule has 0 aromatic heterocycles. The van der Waals surface area contributed by atoms with Crippen molar-refractivity contribution in [1.29, 1.82) is 0 Å². The van der Waals surface area contributed by atoms with Crippen LogP contribution in [0, 0.1) is 5.92 Å². The zero-order chi connectivity index (χ0) is 9.94. The van der Waals surface area contributed by atoms with Gasteiger partial charge in [-0.15, -0.1) is 0 Å². The van der Waals surface area contributed by atoms with Gasteiger partial charge in [-0.3, -0.25) is 0 Å². The van der Waals surface area contributed by atoms with E-state index in [1.54, 1.807) is 0 Å². The third-order valence-corrected chi connectivity index (χ3v) is 2.04. The van der Waals surface area contributed by atoms with Gasteiger partial charge in [-0.25, -0.2) is 0 Å². The van der Waals surface area contributed by atoms with Crippen LogP contribution in [-0.4, -0.2) is 24.9 Å². The fourth-order valence-corrected chi connectivity index (χ4v) is 1.09. The Bertz CT molecular complexity index is 92.1. The molecule has 0 atom stereocenters. The molecule has 0 radical (unpaired) electrons. The number of rotatable bonds is 9. The Hall–Kier alpha value is -0.0800. The molecular formula is C11H24O2. The molecule has 0 aliphatic rings. The molecule has 0 heterocycles. The third kappa shape index (κ3) is 11.9. The quantitative estimate of drug-likeness (QED) is 0.564. The fourth-order valence-electron chi connectivity index (χ4n) is 1.09. The van der Waals surface area contributed by atoms with E-state index in [-0.39, 0.29) is 0 Å². The highest BCUT2D eigenvalue weighted by Crippen LogP contribution is 2.02. The van der Waals surface area contributed by atoms with Crippen LogP contribution < -0.4 is 0 Å². The summed E-state index contributed by atoms with van der Waals surface area (Å²) in [5.74, 6) is 0.745. The van der Waals surface area contributed by atoms with Crippen LogP contribution in [0.3, 0.4) is 0 Å². The standard InChI is InChI=1S/C11H24O2/c1-11(2)7-10-13-9-6-4-3-5-8-12/h11-12H,3-10H2,1-2H3. The molecule has 80 valence electrons. The largest absolute Gasteiger partial charge is 0.396 e. The van der Waals surface area contributed by atoms with Crippen LogP contribution in [0.25, 0.3) is 0 Å². The summed E-state index contributed by atoms with van der Waals surface area (Å²) < 4.78 is 5.46. The van der Waals surface area contributed by atoms with E-state index in [9.17, 15) is 0 Å². The second-order valence-corrected chi connectivity index (χ2v) is 3.93. The summed E-state index contributed by atoms with van der Waals surface area (Å²) in [6.45, 7) is 6.54. The van der Waals surface area contributed by atoms with Crippen molar-refractivity contribution in [3.05, 3.63) is 0 Å². The van der Waals surface area contributed by atoms with Crippen LogP contribution >= 0.6 is 0 Å². The van der Waals surface area contributed by atoms with Gasteiger partial charge in [-0.2, -0.15) is 0 Å². The van der Waals surface area contributed by atoms with Gasteiger partial charge < -0.3 is 9.84 Å². The Morgan fingerprint density at radius 1 is 1.00 bits per heavy atom. The predicted octanol–water partition coefficient (Wildman–Crippen LogP) is 2.60. The van der Waals surface area contributed by atoms with E-state index < -0.39 is 0 Å². The molecule has 0 bridgehead atoms. The van der Waals surface area contributed by atoms with E-state index in [4.69, 9.17) is 9.84 Å². The molecule has 0 aromatic carbocycles. The van der Waals surface area contributed by atoms with Gasteiger partial charge >= 0.3 is 0 Å². The van der Waals surface area contributed by atoms with Crippen molar-refractivity contribution < 1.29 is 9.84 Å². The minimum absolute atomic E-state index is 0.328. The Kier molecular flexibility index (Phi) is 9.94. The molecule has 0 saturated heterocycles. The number of hydrogen-bond donors (Lipinski definition) is 1. The second-order valence-electron chi connectivity index (χ2n) is 3.93. The van der Waals surface area contributed by atoms with E-state index >= 15 is 0 Å². The number of aliphatic hydroxyl groups is 1. The first-order valence-electron chi connectivity index (χ1n) is 5.46. The molecule has 0 rings (SSSR count). The van der Waals surface area contributed by atoms with Crippen LogP contribution in [0.5, 0.6) is 0 Å². The van der Waals surface area contributed by atoms with Crippen LogP contribution in [-0.2, 0) is 4.74 Å². The first kappa shape index (κ1) is 12.9. The second kappa shape index (κ2) is 10.0. The summed E-state index contributed by atoms with van der Waals surface area (Å²) in [4.78, 5) is 0. The van der Waals surface area contributed by atoms with E-state index in [2.05, 4.69) is 13.8 Å². The molecule has 2 nitrogen and oxygen atoms in total. The van der Waals surface area contributed by atoms with Gasteiger partial charge in [0.15, 0.2) is 0 Å². The highest BCUT2D eigenvalue weighted by molar-refractivity contribution is 4.44. The van der Waals surface area contributed by atoms with Gasteiger partial charge in [0, 0.05) is 19.8 Å². The first-order chi connectivity index (χ1) is 6.27. The molecule has 1 N–H and O–H groups in total. The summed E-state index contributed by atoms with van der Waals surface area (Å²) >= 11 is 0. The topological polar surface area (TPSA) is 29.5 Å². The van der Waals surface area contributed by atoms with E-state index in [0.717, 1.165) is 44.8 Å². The third-order valence-electron chi connectivity index (χ3n) is 2.04. The monoisotopic (exact) mass is 188 g/mol. The van der Waals surface area contributed by atoms with Crippen molar-refractivity contribution in [1.82, 2.24) is 0 Å². The zero-order valence-corrected chi connectivity index (χ0v) is 9.09. The molecule has 0 amide bonds. The van der Waals surface area contributed by atoms with Gasteiger partial charge in [-0.1, -0.05) is 26.7 Å². The average Bonchev–Trinajstić information content (AvgIpc) is 2.09. The van der Waals surface area contributed by atoms with Crippen molar-refractivity contribution in [2.24, 2.45) is 5.92 Å². The normalized spacial score (nSPS) is 11.1. The van der Waals surface area contributed by atoms with Gasteiger partial charge in [0.2, 0.25) is 0 Å². The number of aliphatic hydroxyl groups excluding tert-OH is 1. The Labute approximate surface area is 82.3 Å². The van der Waals surface area contributed by atoms with E-state index in [1.165, 1.54) is 6.42 Å². The Balaban J connectivity index is 2.84. The van der Waals surface area contributed by atoms with Crippen LogP contribution in [0.4, 0.5) is 0 Å². The molecular weight excluding hydrogens is 164 g/mol. The summed E-state index contributed by atoms with van der Waals surface area (Å²) in [6, 6.07) is 0. The molecule has 0 aromatic rings. The molecule has 0 unspecified atom stereocenters. The highest BCUT2D eigenvalue weighted by Gasteiger charge is 1.94. The van der Waals surface area contributed by atoms with Crippen LogP contribution in [0.2, 0.25) is 0 Å².